The SMILES string of the molecule is CC1(C)S[C@H]2c3ccccc3C(=O)N2[C@@H]1C(=O)NC1CC1. The molecule has 1 aliphatic carbocycles. The van der Waals surface area contributed by atoms with Gasteiger partial charge in [0.15, 0.2) is 0 Å². The monoisotopic (exact) mass is 302 g/mol. The van der Waals surface area contributed by atoms with Crippen molar-refractivity contribution in [3.63, 3.8) is 0 Å². The predicted molar refractivity (Wildman–Crippen MR) is 82.0 cm³/mol. The molecule has 0 unspecified atom stereocenters. The number of fused-ring (bicyclic) bond motifs is 3. The van der Waals surface area contributed by atoms with Gasteiger partial charge in [0, 0.05) is 16.4 Å². The summed E-state index contributed by atoms with van der Waals surface area (Å²) in [5.74, 6) is -0.0109. The number of carbonyl (C=O) groups excluding carboxylic acids is 2. The first-order valence-corrected chi connectivity index (χ1v) is 8.27. The molecule has 5 heteroatoms. The Morgan fingerprint density at radius 1 is 1.33 bits per heavy atom. The van der Waals surface area contributed by atoms with E-state index in [1.54, 1.807) is 16.7 Å². The van der Waals surface area contributed by atoms with Crippen LogP contribution in [0.1, 0.15) is 48.0 Å². The van der Waals surface area contributed by atoms with Gasteiger partial charge in [-0.3, -0.25) is 9.59 Å². The molecule has 2 fully saturated rings. The molecule has 1 aromatic rings. The van der Waals surface area contributed by atoms with Crippen LogP contribution in [0.15, 0.2) is 24.3 Å². The Hall–Kier alpha value is -1.49. The fourth-order valence-corrected chi connectivity index (χ4v) is 4.90. The normalized spacial score (nSPS) is 29.2. The molecule has 1 saturated carbocycles. The molecular formula is C16H18N2O2S. The minimum absolute atomic E-state index is 0.00124. The molecule has 0 radical (unpaired) electrons. The van der Waals surface area contributed by atoms with E-state index in [0.717, 1.165) is 24.0 Å². The van der Waals surface area contributed by atoms with Crippen LogP contribution in [0.2, 0.25) is 0 Å². The van der Waals surface area contributed by atoms with E-state index >= 15 is 0 Å². The predicted octanol–water partition coefficient (Wildman–Crippen LogP) is 2.31. The fourth-order valence-electron chi connectivity index (χ4n) is 3.31. The first-order chi connectivity index (χ1) is 9.99. The van der Waals surface area contributed by atoms with Gasteiger partial charge < -0.3 is 10.2 Å². The van der Waals surface area contributed by atoms with Crippen LogP contribution in [-0.4, -0.2) is 33.5 Å². The third-order valence-corrected chi connectivity index (χ3v) is 6.00. The highest BCUT2D eigenvalue weighted by atomic mass is 32.2. The Morgan fingerprint density at radius 3 is 2.76 bits per heavy atom. The van der Waals surface area contributed by atoms with Crippen molar-refractivity contribution in [1.82, 2.24) is 10.2 Å². The maximum atomic E-state index is 12.7. The van der Waals surface area contributed by atoms with Gasteiger partial charge in [-0.05, 0) is 38.3 Å². The molecule has 1 N–H and O–H groups in total. The lowest BCUT2D eigenvalue weighted by Gasteiger charge is -2.29. The molecule has 0 aromatic heterocycles. The van der Waals surface area contributed by atoms with Crippen molar-refractivity contribution < 1.29 is 9.59 Å². The van der Waals surface area contributed by atoms with E-state index in [1.807, 2.05) is 24.3 Å². The Labute approximate surface area is 128 Å². The summed E-state index contributed by atoms with van der Waals surface area (Å²) in [4.78, 5) is 27.1. The molecule has 1 aromatic carbocycles. The van der Waals surface area contributed by atoms with Crippen molar-refractivity contribution in [3.05, 3.63) is 35.4 Å². The molecule has 2 aliphatic heterocycles. The summed E-state index contributed by atoms with van der Waals surface area (Å²) in [6.07, 6.45) is 2.12. The van der Waals surface area contributed by atoms with E-state index in [-0.39, 0.29) is 21.9 Å². The van der Waals surface area contributed by atoms with Crippen molar-refractivity contribution in [2.45, 2.75) is 48.9 Å². The summed E-state index contributed by atoms with van der Waals surface area (Å²) < 4.78 is -0.271. The van der Waals surface area contributed by atoms with E-state index in [4.69, 9.17) is 0 Å². The van der Waals surface area contributed by atoms with E-state index in [2.05, 4.69) is 19.2 Å². The molecule has 21 heavy (non-hydrogen) atoms. The number of amides is 2. The van der Waals surface area contributed by atoms with Crippen molar-refractivity contribution in [1.29, 1.82) is 0 Å². The third kappa shape index (κ3) is 1.90. The van der Waals surface area contributed by atoms with Crippen molar-refractivity contribution in [3.8, 4) is 0 Å². The lowest BCUT2D eigenvalue weighted by atomic mass is 10.0. The number of nitrogens with one attached hydrogen (secondary N) is 1. The number of rotatable bonds is 2. The average molecular weight is 302 g/mol. The van der Waals surface area contributed by atoms with E-state index in [0.29, 0.717) is 6.04 Å². The maximum Gasteiger partial charge on any atom is 0.256 e. The summed E-state index contributed by atoms with van der Waals surface area (Å²) in [6, 6.07) is 7.63. The quantitative estimate of drug-likeness (QED) is 0.912. The standard InChI is InChI=1S/C16H18N2O2S/c1-16(2)12(13(19)17-9-7-8-9)18-14(20)10-5-3-4-6-11(10)15(18)21-16/h3-6,9,12,15H,7-8H2,1-2H3,(H,17,19)/t12-,15+/m1/s1. The number of hydrogen-bond acceptors (Lipinski definition) is 3. The fraction of sp³-hybridized carbons (Fsp3) is 0.500. The van der Waals surface area contributed by atoms with Crippen LogP contribution >= 0.6 is 11.8 Å². The molecule has 0 bridgehead atoms. The van der Waals surface area contributed by atoms with Gasteiger partial charge >= 0.3 is 0 Å². The number of nitrogens with zero attached hydrogens (tertiary/aromatic N) is 1. The molecular weight excluding hydrogens is 284 g/mol. The van der Waals surface area contributed by atoms with Gasteiger partial charge in [-0.25, -0.2) is 0 Å². The molecule has 2 amide bonds. The highest BCUT2D eigenvalue weighted by Crippen LogP contribution is 2.56. The molecule has 110 valence electrons. The second-order valence-electron chi connectivity index (χ2n) is 6.56. The summed E-state index contributed by atoms with van der Waals surface area (Å²) >= 11 is 1.71. The maximum absolute atomic E-state index is 12.7. The summed E-state index contributed by atoms with van der Waals surface area (Å²) in [5, 5.41) is 3.04. The van der Waals surface area contributed by atoms with Crippen LogP contribution in [-0.2, 0) is 4.79 Å². The smallest absolute Gasteiger partial charge is 0.256 e. The Balaban J connectivity index is 1.72. The minimum Gasteiger partial charge on any atom is -0.352 e. The van der Waals surface area contributed by atoms with E-state index in [1.165, 1.54) is 0 Å². The molecule has 0 spiro atoms. The molecule has 2 atom stereocenters. The first-order valence-electron chi connectivity index (χ1n) is 7.39. The molecule has 1 saturated heterocycles. The van der Waals surface area contributed by atoms with Crippen LogP contribution in [0.25, 0.3) is 0 Å². The largest absolute Gasteiger partial charge is 0.352 e. The van der Waals surface area contributed by atoms with Crippen LogP contribution in [0.5, 0.6) is 0 Å². The second-order valence-corrected chi connectivity index (χ2v) is 8.29. The lowest BCUT2D eigenvalue weighted by Crippen LogP contribution is -2.52. The van der Waals surface area contributed by atoms with Gasteiger partial charge in [-0.15, -0.1) is 11.8 Å². The summed E-state index contributed by atoms with van der Waals surface area (Å²) in [5.41, 5.74) is 1.79. The highest BCUT2D eigenvalue weighted by molar-refractivity contribution is 8.01. The average Bonchev–Trinajstić information content (AvgIpc) is 3.14. The second kappa shape index (κ2) is 4.26. The van der Waals surface area contributed by atoms with Crippen LogP contribution in [0, 0.1) is 0 Å². The number of benzene rings is 1. The lowest BCUT2D eigenvalue weighted by molar-refractivity contribution is -0.126. The molecule has 4 rings (SSSR count). The van der Waals surface area contributed by atoms with Crippen molar-refractivity contribution in [2.75, 3.05) is 0 Å². The zero-order valence-electron chi connectivity index (χ0n) is 12.1. The molecule has 4 nitrogen and oxygen atoms in total. The topological polar surface area (TPSA) is 49.4 Å². The van der Waals surface area contributed by atoms with Gasteiger partial charge in [0.1, 0.15) is 11.4 Å². The molecule has 3 aliphatic rings. The van der Waals surface area contributed by atoms with Crippen molar-refractivity contribution in [2.24, 2.45) is 0 Å². The zero-order valence-corrected chi connectivity index (χ0v) is 12.9. The van der Waals surface area contributed by atoms with Crippen LogP contribution in [0.4, 0.5) is 0 Å². The minimum atomic E-state index is -0.395. The number of hydrogen-bond donors (Lipinski definition) is 1. The van der Waals surface area contributed by atoms with E-state index < -0.39 is 6.04 Å². The zero-order chi connectivity index (χ0) is 14.8. The highest BCUT2D eigenvalue weighted by Gasteiger charge is 2.57. The van der Waals surface area contributed by atoms with Crippen molar-refractivity contribution >= 4 is 23.6 Å². The number of carbonyl (C=O) groups is 2. The van der Waals surface area contributed by atoms with Gasteiger partial charge in [0.2, 0.25) is 5.91 Å². The number of thioether (sulfide) groups is 1. The Kier molecular flexibility index (Phi) is 2.67. The van der Waals surface area contributed by atoms with Crippen LogP contribution < -0.4 is 5.32 Å². The Morgan fingerprint density at radius 2 is 2.05 bits per heavy atom. The molecule has 2 heterocycles. The van der Waals surface area contributed by atoms with Gasteiger partial charge in [-0.2, -0.15) is 0 Å². The summed E-state index contributed by atoms with van der Waals surface area (Å²) in [7, 11) is 0. The Bertz CT molecular complexity index is 639. The van der Waals surface area contributed by atoms with Gasteiger partial charge in [-0.1, -0.05) is 18.2 Å². The third-order valence-electron chi connectivity index (χ3n) is 4.47. The first kappa shape index (κ1) is 13.2. The van der Waals surface area contributed by atoms with Gasteiger partial charge in [0.05, 0.1) is 0 Å². The van der Waals surface area contributed by atoms with E-state index in [9.17, 15) is 9.59 Å². The summed E-state index contributed by atoms with van der Waals surface area (Å²) in [6.45, 7) is 4.12. The van der Waals surface area contributed by atoms with Crippen LogP contribution in [0.3, 0.4) is 0 Å². The van der Waals surface area contributed by atoms with Gasteiger partial charge in [0.25, 0.3) is 5.91 Å².